The van der Waals surface area contributed by atoms with Crippen LogP contribution in [0.3, 0.4) is 0 Å². The Bertz CT molecular complexity index is 302. The van der Waals surface area contributed by atoms with Crippen molar-refractivity contribution in [2.75, 3.05) is 13.2 Å². The van der Waals surface area contributed by atoms with Gasteiger partial charge in [-0.1, -0.05) is 136 Å². The first-order valence-electron chi connectivity index (χ1n) is 13.8. The number of unbranched alkanes of at least 4 members (excludes halogenated alkanes) is 18. The maximum Gasteiger partial charge on any atom is 0.313 e. The first-order chi connectivity index (χ1) is 14.7. The SMILES string of the molecule is CCCCCCCCCCCCOC([NH3+])(CC)OCCCCCCCCCCCC.[Br-]. The predicted molar refractivity (Wildman–Crippen MR) is 132 cm³/mol. The fourth-order valence-corrected chi connectivity index (χ4v) is 3.94. The Balaban J connectivity index is 0. The van der Waals surface area contributed by atoms with Gasteiger partial charge in [0.05, 0.1) is 19.6 Å². The molecule has 0 atom stereocenters. The van der Waals surface area contributed by atoms with Crippen LogP contribution < -0.4 is 22.7 Å². The lowest BCUT2D eigenvalue weighted by Gasteiger charge is -2.24. The average molecular weight is 509 g/mol. The van der Waals surface area contributed by atoms with Gasteiger partial charge >= 0.3 is 5.91 Å². The Hall–Kier alpha value is 0.360. The van der Waals surface area contributed by atoms with Crippen LogP contribution in [-0.4, -0.2) is 19.1 Å². The molecule has 0 aromatic heterocycles. The minimum Gasteiger partial charge on any atom is -1.00 e. The second kappa shape index (κ2) is 26.6. The lowest BCUT2D eigenvalue weighted by Crippen LogP contribution is -3.00. The van der Waals surface area contributed by atoms with Gasteiger partial charge in [0.1, 0.15) is 0 Å². The van der Waals surface area contributed by atoms with Crippen LogP contribution in [0.2, 0.25) is 0 Å². The molecule has 0 aromatic rings. The molecule has 0 saturated carbocycles. The van der Waals surface area contributed by atoms with Crippen molar-refractivity contribution >= 4 is 0 Å². The number of hydrogen-bond acceptors (Lipinski definition) is 2. The van der Waals surface area contributed by atoms with Crippen LogP contribution in [0.5, 0.6) is 0 Å². The second-order valence-corrected chi connectivity index (χ2v) is 9.33. The third-order valence-corrected chi connectivity index (χ3v) is 6.26. The molecule has 0 aliphatic carbocycles. The lowest BCUT2D eigenvalue weighted by molar-refractivity contribution is -0.634. The summed E-state index contributed by atoms with van der Waals surface area (Å²) in [6, 6.07) is 0. The Morgan fingerprint density at radius 3 is 0.968 bits per heavy atom. The van der Waals surface area contributed by atoms with Gasteiger partial charge in [0, 0.05) is 0 Å². The van der Waals surface area contributed by atoms with Crippen LogP contribution in [0, 0.1) is 0 Å². The Kier molecular flexibility index (Phi) is 28.8. The third kappa shape index (κ3) is 24.8. The summed E-state index contributed by atoms with van der Waals surface area (Å²) in [5.41, 5.74) is 4.21. The molecule has 4 heteroatoms. The zero-order valence-corrected chi connectivity index (χ0v) is 23.3. The zero-order chi connectivity index (χ0) is 22.2. The summed E-state index contributed by atoms with van der Waals surface area (Å²) >= 11 is 0. The van der Waals surface area contributed by atoms with E-state index in [0.717, 1.165) is 32.5 Å². The van der Waals surface area contributed by atoms with Crippen LogP contribution in [0.1, 0.15) is 156 Å². The summed E-state index contributed by atoms with van der Waals surface area (Å²) in [6.45, 7) is 8.25. The van der Waals surface area contributed by atoms with E-state index >= 15 is 0 Å². The van der Waals surface area contributed by atoms with E-state index in [4.69, 9.17) is 9.47 Å². The molecule has 31 heavy (non-hydrogen) atoms. The molecule has 0 aliphatic rings. The van der Waals surface area contributed by atoms with Crippen LogP contribution in [0.25, 0.3) is 0 Å². The molecule has 0 radical (unpaired) electrons. The highest BCUT2D eigenvalue weighted by molar-refractivity contribution is 4.53. The fourth-order valence-electron chi connectivity index (χ4n) is 3.94. The maximum atomic E-state index is 6.01. The topological polar surface area (TPSA) is 46.1 Å². The molecule has 0 fully saturated rings. The normalized spacial score (nSPS) is 11.6. The van der Waals surface area contributed by atoms with E-state index in [1.807, 2.05) is 0 Å². The molecule has 0 amide bonds. The summed E-state index contributed by atoms with van der Waals surface area (Å²) in [5.74, 6) is -0.626. The summed E-state index contributed by atoms with van der Waals surface area (Å²) in [5, 5.41) is 0. The molecule has 0 unspecified atom stereocenters. The van der Waals surface area contributed by atoms with Crippen molar-refractivity contribution in [3.63, 3.8) is 0 Å². The minimum atomic E-state index is -0.626. The van der Waals surface area contributed by atoms with Gasteiger partial charge in [0.2, 0.25) is 0 Å². The van der Waals surface area contributed by atoms with Gasteiger partial charge in [-0.05, 0) is 12.8 Å². The molecule has 0 spiro atoms. The standard InChI is InChI=1S/C27H57NO2.BrH/c1-4-7-9-11-13-15-17-19-21-23-25-29-27(28,6-3)30-26-24-22-20-18-16-14-12-10-8-5-2;/h4-26,28H2,1-3H3;1H. The molecule has 0 aromatic carbocycles. The minimum absolute atomic E-state index is 0. The van der Waals surface area contributed by atoms with Crippen molar-refractivity contribution in [1.29, 1.82) is 0 Å². The van der Waals surface area contributed by atoms with Crippen molar-refractivity contribution in [1.82, 2.24) is 0 Å². The number of halogens is 1. The van der Waals surface area contributed by atoms with E-state index in [9.17, 15) is 0 Å². The quantitative estimate of drug-likeness (QED) is 0.137. The average Bonchev–Trinajstić information content (AvgIpc) is 2.76. The third-order valence-electron chi connectivity index (χ3n) is 6.26. The van der Waals surface area contributed by atoms with Crippen molar-refractivity contribution in [2.24, 2.45) is 0 Å². The molecule has 3 N–H and O–H groups in total. The molecule has 3 nitrogen and oxygen atoms in total. The molecular weight excluding hydrogens is 450 g/mol. The van der Waals surface area contributed by atoms with Crippen LogP contribution in [-0.2, 0) is 9.47 Å². The molecule has 0 aliphatic heterocycles. The van der Waals surface area contributed by atoms with Gasteiger partial charge in [-0.25, -0.2) is 0 Å². The number of hydrogen-bond donors (Lipinski definition) is 1. The van der Waals surface area contributed by atoms with Gasteiger partial charge in [-0.2, -0.15) is 0 Å². The van der Waals surface area contributed by atoms with Crippen LogP contribution >= 0.6 is 0 Å². The Morgan fingerprint density at radius 2 is 0.710 bits per heavy atom. The van der Waals surface area contributed by atoms with Gasteiger partial charge in [0.25, 0.3) is 0 Å². The molecule has 0 heterocycles. The van der Waals surface area contributed by atoms with E-state index in [1.165, 1.54) is 116 Å². The zero-order valence-electron chi connectivity index (χ0n) is 21.7. The summed E-state index contributed by atoms with van der Waals surface area (Å²) < 4.78 is 12.0. The van der Waals surface area contributed by atoms with E-state index < -0.39 is 5.91 Å². The Morgan fingerprint density at radius 1 is 0.452 bits per heavy atom. The molecule has 0 rings (SSSR count). The highest BCUT2D eigenvalue weighted by atomic mass is 79.9. The summed E-state index contributed by atoms with van der Waals surface area (Å²) in [6.07, 6.45) is 27.9. The first-order valence-corrected chi connectivity index (χ1v) is 13.8. The highest BCUT2D eigenvalue weighted by Gasteiger charge is 2.28. The van der Waals surface area contributed by atoms with Gasteiger partial charge in [-0.3, -0.25) is 0 Å². The smallest absolute Gasteiger partial charge is 0.313 e. The number of quaternary nitrogens is 1. The monoisotopic (exact) mass is 507 g/mol. The molecule has 0 bridgehead atoms. The maximum absolute atomic E-state index is 6.01. The van der Waals surface area contributed by atoms with E-state index in [2.05, 4.69) is 26.5 Å². The van der Waals surface area contributed by atoms with Gasteiger partial charge < -0.3 is 32.2 Å². The highest BCUT2D eigenvalue weighted by Crippen LogP contribution is 2.14. The van der Waals surface area contributed by atoms with E-state index in [0.29, 0.717) is 0 Å². The molecular formula is C27H58BrNO2. The lowest BCUT2D eigenvalue weighted by atomic mass is 10.1. The summed E-state index contributed by atoms with van der Waals surface area (Å²) in [4.78, 5) is 0. The van der Waals surface area contributed by atoms with E-state index in [-0.39, 0.29) is 17.0 Å². The van der Waals surface area contributed by atoms with Crippen molar-refractivity contribution in [2.45, 2.75) is 162 Å². The Labute approximate surface area is 206 Å². The second-order valence-electron chi connectivity index (χ2n) is 9.33. The molecule has 190 valence electrons. The largest absolute Gasteiger partial charge is 1.00 e. The van der Waals surface area contributed by atoms with Crippen LogP contribution in [0.4, 0.5) is 0 Å². The van der Waals surface area contributed by atoms with Crippen LogP contribution in [0.15, 0.2) is 0 Å². The first kappa shape index (κ1) is 33.5. The predicted octanol–water partition coefficient (Wildman–Crippen LogP) is 5.17. The van der Waals surface area contributed by atoms with Crippen molar-refractivity contribution in [3.05, 3.63) is 0 Å². The van der Waals surface area contributed by atoms with E-state index in [1.54, 1.807) is 0 Å². The fraction of sp³-hybridized carbons (Fsp3) is 1.00. The molecule has 0 saturated heterocycles. The summed E-state index contributed by atoms with van der Waals surface area (Å²) in [7, 11) is 0. The van der Waals surface area contributed by atoms with Crippen molar-refractivity contribution < 1.29 is 32.2 Å². The van der Waals surface area contributed by atoms with Crippen molar-refractivity contribution in [3.8, 4) is 0 Å². The van der Waals surface area contributed by atoms with Gasteiger partial charge in [-0.15, -0.1) is 0 Å². The number of rotatable bonds is 25. The number of ether oxygens (including phenoxy) is 2. The van der Waals surface area contributed by atoms with Gasteiger partial charge in [0.15, 0.2) is 0 Å².